The van der Waals surface area contributed by atoms with E-state index in [1.165, 1.54) is 24.3 Å². The third-order valence-corrected chi connectivity index (χ3v) is 8.51. The Kier molecular flexibility index (Phi) is 9.38. The second-order valence-electron chi connectivity index (χ2n) is 9.89. The monoisotopic (exact) mass is 576 g/mol. The van der Waals surface area contributed by atoms with Gasteiger partial charge in [-0.15, -0.1) is 0 Å². The number of benzene rings is 2. The average molecular weight is 577 g/mol. The predicted molar refractivity (Wildman–Crippen MR) is 152 cm³/mol. The van der Waals surface area contributed by atoms with Crippen molar-refractivity contribution in [3.8, 4) is 0 Å². The number of aliphatic imine (C=N–C) groups is 2. The summed E-state index contributed by atoms with van der Waals surface area (Å²) in [5.74, 6) is -0.0847. The molecule has 41 heavy (non-hydrogen) atoms. The standard InChI is InChI=1S/C30H36N6O4S/c1-5-7-15-35-19-17-33(3)29(35)27(37)31-23-11-9-13-25(21-23)41(39,40)26-14-10-12-24(22-26)32-28(38)30-34(4)18-20-36(30)16-8-6-2/h9-14,17-22H,5-8,15-16H2,1-4H3. The Balaban J connectivity index is 1.64. The number of nitrogens with zero attached hydrogens (tertiary/aromatic N) is 6. The zero-order valence-corrected chi connectivity index (χ0v) is 24.7. The van der Waals surface area contributed by atoms with Gasteiger partial charge in [0.2, 0.25) is 9.84 Å². The molecule has 4 aromatic rings. The number of sulfone groups is 1. The van der Waals surface area contributed by atoms with E-state index < -0.39 is 21.6 Å². The number of hydrogen-bond acceptors (Lipinski definition) is 6. The molecule has 0 saturated carbocycles. The molecule has 2 aromatic heterocycles. The van der Waals surface area contributed by atoms with Crippen molar-refractivity contribution in [2.24, 2.45) is 24.1 Å². The first-order valence-corrected chi connectivity index (χ1v) is 15.2. The maximum absolute atomic E-state index is 13.6. The van der Waals surface area contributed by atoms with Crippen LogP contribution in [0.2, 0.25) is 0 Å². The van der Waals surface area contributed by atoms with Crippen LogP contribution in [0.5, 0.6) is 0 Å². The summed E-state index contributed by atoms with van der Waals surface area (Å²) in [7, 11) is -0.433. The average Bonchev–Trinajstić information content (AvgIpc) is 3.52. The second-order valence-corrected chi connectivity index (χ2v) is 11.8. The van der Waals surface area contributed by atoms with Crippen LogP contribution in [-0.4, -0.2) is 29.3 Å². The molecule has 0 aliphatic heterocycles. The minimum atomic E-state index is -3.98. The van der Waals surface area contributed by atoms with Crippen LogP contribution in [0.3, 0.4) is 0 Å². The lowest BCUT2D eigenvalue weighted by molar-refractivity contribution is -0.674. The van der Waals surface area contributed by atoms with Gasteiger partial charge in [0.15, 0.2) is 0 Å². The van der Waals surface area contributed by atoms with Crippen molar-refractivity contribution < 1.29 is 27.8 Å². The van der Waals surface area contributed by atoms with Crippen LogP contribution < -0.4 is 19.3 Å². The van der Waals surface area contributed by atoms with Crippen molar-refractivity contribution in [2.45, 2.75) is 62.4 Å². The summed E-state index contributed by atoms with van der Waals surface area (Å²) >= 11 is 0. The summed E-state index contributed by atoms with van der Waals surface area (Å²) in [6, 6.07) is 12.0. The van der Waals surface area contributed by atoms with Gasteiger partial charge in [-0.05, 0) is 49.2 Å². The maximum Gasteiger partial charge on any atom is 0.292 e. The van der Waals surface area contributed by atoms with Crippen LogP contribution in [0.4, 0.5) is 11.4 Å². The molecule has 10 nitrogen and oxygen atoms in total. The Hall–Kier alpha value is -4.25. The third-order valence-electron chi connectivity index (χ3n) is 6.76. The van der Waals surface area contributed by atoms with E-state index in [1.807, 2.05) is 21.5 Å². The summed E-state index contributed by atoms with van der Waals surface area (Å²) in [5.41, 5.74) is 0.464. The molecule has 2 aromatic carbocycles. The van der Waals surface area contributed by atoms with E-state index in [4.69, 9.17) is 0 Å². The van der Waals surface area contributed by atoms with E-state index in [1.54, 1.807) is 59.9 Å². The predicted octanol–water partition coefficient (Wildman–Crippen LogP) is 2.25. The molecule has 0 aliphatic rings. The van der Waals surface area contributed by atoms with Gasteiger partial charge in [-0.3, -0.25) is 9.98 Å². The molecule has 0 saturated heterocycles. The van der Waals surface area contributed by atoms with Crippen molar-refractivity contribution in [2.75, 3.05) is 0 Å². The van der Waals surface area contributed by atoms with Gasteiger partial charge in [0, 0.05) is 0 Å². The van der Waals surface area contributed by atoms with Crippen molar-refractivity contribution >= 4 is 33.0 Å². The van der Waals surface area contributed by atoms with E-state index >= 15 is 0 Å². The molecule has 216 valence electrons. The first-order chi connectivity index (χ1) is 19.6. The Morgan fingerprint density at radius 1 is 0.756 bits per heavy atom. The highest BCUT2D eigenvalue weighted by Crippen LogP contribution is 2.27. The van der Waals surface area contributed by atoms with Gasteiger partial charge < -0.3 is 10.2 Å². The van der Waals surface area contributed by atoms with Gasteiger partial charge in [-0.1, -0.05) is 38.8 Å². The van der Waals surface area contributed by atoms with Crippen LogP contribution in [0.1, 0.15) is 51.2 Å². The highest BCUT2D eigenvalue weighted by Gasteiger charge is 2.20. The SMILES string of the molecule is CCCCn1cc[n+](C)c1C([O-])=Nc1cccc(S(=O)(=O)c2cccc(N=C([O-])c3n(CCCC)cc[n+]3C)c2)c1. The van der Waals surface area contributed by atoms with E-state index in [9.17, 15) is 18.6 Å². The fourth-order valence-corrected chi connectivity index (χ4v) is 5.86. The molecular formula is C30H36N6O4S. The number of imidazole rings is 2. The minimum absolute atomic E-state index is 0.0133. The quantitative estimate of drug-likeness (QED) is 0.146. The Morgan fingerprint density at radius 3 is 1.56 bits per heavy atom. The van der Waals surface area contributed by atoms with Crippen LogP contribution in [-0.2, 0) is 37.0 Å². The molecule has 0 amide bonds. The van der Waals surface area contributed by atoms with Crippen LogP contribution in [0.25, 0.3) is 0 Å². The number of rotatable bonds is 12. The lowest BCUT2D eigenvalue weighted by Crippen LogP contribution is -2.40. The number of aromatic nitrogens is 4. The first-order valence-electron chi connectivity index (χ1n) is 13.7. The van der Waals surface area contributed by atoms with Crippen LogP contribution >= 0.6 is 0 Å². The summed E-state index contributed by atoms with van der Waals surface area (Å²) in [6.45, 7) is 5.54. The summed E-state index contributed by atoms with van der Waals surface area (Å²) < 4.78 is 34.2. The Bertz CT molecular complexity index is 1570. The van der Waals surface area contributed by atoms with Gasteiger partial charge in [0.25, 0.3) is 11.6 Å². The fraction of sp³-hybridized carbons (Fsp3) is 0.333. The zero-order chi connectivity index (χ0) is 29.6. The van der Waals surface area contributed by atoms with Gasteiger partial charge in [-0.2, -0.15) is 0 Å². The highest BCUT2D eigenvalue weighted by molar-refractivity contribution is 7.91. The third kappa shape index (κ3) is 6.74. The largest absolute Gasteiger partial charge is 0.853 e. The normalized spacial score (nSPS) is 12.7. The maximum atomic E-state index is 13.6. The van der Waals surface area contributed by atoms with Gasteiger partial charge in [0.05, 0.1) is 60.1 Å². The summed E-state index contributed by atoms with van der Waals surface area (Å²) in [4.78, 5) is 8.39. The smallest absolute Gasteiger partial charge is 0.292 e. The van der Waals surface area contributed by atoms with Gasteiger partial charge >= 0.3 is 0 Å². The molecule has 0 atom stereocenters. The van der Waals surface area contributed by atoms with Crippen molar-refractivity contribution in [1.82, 2.24) is 9.13 Å². The Morgan fingerprint density at radius 2 is 1.17 bits per heavy atom. The van der Waals surface area contributed by atoms with E-state index in [2.05, 4.69) is 23.8 Å². The topological polar surface area (TPSA) is 123 Å². The fourth-order valence-electron chi connectivity index (χ4n) is 4.52. The molecule has 0 radical (unpaired) electrons. The molecule has 0 spiro atoms. The first kappa shape index (κ1) is 29.7. The van der Waals surface area contributed by atoms with Gasteiger partial charge in [0.1, 0.15) is 24.8 Å². The molecular weight excluding hydrogens is 540 g/mol. The molecule has 4 rings (SSSR count). The minimum Gasteiger partial charge on any atom is -0.853 e. The van der Waals surface area contributed by atoms with Crippen molar-refractivity contribution in [3.63, 3.8) is 0 Å². The summed E-state index contributed by atoms with van der Waals surface area (Å²) in [5, 5.41) is 26.1. The second kappa shape index (κ2) is 12.9. The lowest BCUT2D eigenvalue weighted by atomic mass is 10.3. The molecule has 0 aliphatic carbocycles. The molecule has 0 N–H and O–H groups in total. The highest BCUT2D eigenvalue weighted by atomic mass is 32.2. The zero-order valence-electron chi connectivity index (χ0n) is 23.9. The van der Waals surface area contributed by atoms with E-state index in [0.29, 0.717) is 24.7 Å². The Labute approximate surface area is 241 Å². The number of aryl methyl sites for hydroxylation is 4. The van der Waals surface area contributed by atoms with Crippen LogP contribution in [0.15, 0.2) is 93.1 Å². The molecule has 0 unspecified atom stereocenters. The lowest BCUT2D eigenvalue weighted by Gasteiger charge is -2.11. The molecule has 2 heterocycles. The summed E-state index contributed by atoms with van der Waals surface area (Å²) in [6.07, 6.45) is 11.1. The molecule has 0 fully saturated rings. The van der Waals surface area contributed by atoms with Crippen molar-refractivity contribution in [1.29, 1.82) is 0 Å². The van der Waals surface area contributed by atoms with E-state index in [0.717, 1.165) is 25.7 Å². The van der Waals surface area contributed by atoms with Crippen LogP contribution in [0, 0.1) is 0 Å². The van der Waals surface area contributed by atoms with E-state index in [-0.39, 0.29) is 21.2 Å². The van der Waals surface area contributed by atoms with Gasteiger partial charge in [-0.25, -0.2) is 26.7 Å². The number of hydrogen-bond donors (Lipinski definition) is 0. The molecule has 0 bridgehead atoms. The molecule has 11 heteroatoms. The van der Waals surface area contributed by atoms with Crippen molar-refractivity contribution in [3.05, 3.63) is 85.0 Å². The number of unbranched alkanes of at least 4 members (excludes halogenated alkanes) is 2.